The van der Waals surface area contributed by atoms with Crippen molar-refractivity contribution >= 4 is 17.0 Å². The molecule has 3 rings (SSSR count). The molecule has 1 aromatic carbocycles. The summed E-state index contributed by atoms with van der Waals surface area (Å²) in [6.07, 6.45) is 5.78. The van der Waals surface area contributed by atoms with Gasteiger partial charge in [0.05, 0.1) is 18.1 Å². The Labute approximate surface area is 117 Å². The van der Waals surface area contributed by atoms with Gasteiger partial charge >= 0.3 is 0 Å². The van der Waals surface area contributed by atoms with E-state index in [9.17, 15) is 4.39 Å². The number of aromatic nitrogens is 2. The Bertz CT molecular complexity index is 644. The molecule has 1 aliphatic carbocycles. The van der Waals surface area contributed by atoms with Gasteiger partial charge < -0.3 is 15.0 Å². The van der Waals surface area contributed by atoms with Crippen LogP contribution in [0.4, 0.5) is 10.3 Å². The predicted molar refractivity (Wildman–Crippen MR) is 77.4 cm³/mol. The van der Waals surface area contributed by atoms with E-state index in [-0.39, 0.29) is 11.3 Å². The molecule has 1 saturated carbocycles. The number of nitrogen functional groups attached to an aromatic ring is 1. The van der Waals surface area contributed by atoms with E-state index < -0.39 is 5.82 Å². The molecule has 2 aromatic rings. The fourth-order valence-electron chi connectivity index (χ4n) is 3.36. The number of anilines is 1. The zero-order valence-electron chi connectivity index (χ0n) is 11.9. The van der Waals surface area contributed by atoms with E-state index in [1.807, 2.05) is 0 Å². The van der Waals surface area contributed by atoms with Crippen LogP contribution in [0.3, 0.4) is 0 Å². The maximum absolute atomic E-state index is 13.8. The molecule has 0 aliphatic heterocycles. The van der Waals surface area contributed by atoms with Crippen LogP contribution in [0.1, 0.15) is 39.0 Å². The summed E-state index contributed by atoms with van der Waals surface area (Å²) in [5.74, 6) is 0.286. The van der Waals surface area contributed by atoms with Gasteiger partial charge in [0.25, 0.3) is 0 Å². The fourth-order valence-corrected chi connectivity index (χ4v) is 3.36. The molecule has 0 saturated heterocycles. The second kappa shape index (κ2) is 4.65. The van der Waals surface area contributed by atoms with Gasteiger partial charge in [0.1, 0.15) is 0 Å². The van der Waals surface area contributed by atoms with Crippen LogP contribution in [0, 0.1) is 5.82 Å². The first-order valence-electron chi connectivity index (χ1n) is 7.07. The zero-order chi connectivity index (χ0) is 14.3. The van der Waals surface area contributed by atoms with Crippen molar-refractivity contribution in [2.24, 2.45) is 0 Å². The summed E-state index contributed by atoms with van der Waals surface area (Å²) in [7, 11) is 1.47. The standard InChI is InChI=1S/C15H20FN3O/c1-15(6-4-3-5-7-15)19-12-9-13(20-2)10(16)8-11(12)18-14(19)17/h8-9H,3-7H2,1-2H3,(H2,17,18). The largest absolute Gasteiger partial charge is 0.494 e. The van der Waals surface area contributed by atoms with Gasteiger partial charge in [-0.25, -0.2) is 9.37 Å². The number of rotatable bonds is 2. The van der Waals surface area contributed by atoms with Crippen LogP contribution in [-0.4, -0.2) is 16.7 Å². The minimum absolute atomic E-state index is 0.0417. The average molecular weight is 277 g/mol. The second-order valence-electron chi connectivity index (χ2n) is 5.84. The number of hydrogen-bond acceptors (Lipinski definition) is 3. The Morgan fingerprint density at radius 1 is 1.30 bits per heavy atom. The Morgan fingerprint density at radius 3 is 2.65 bits per heavy atom. The van der Waals surface area contributed by atoms with Crippen LogP contribution in [0.5, 0.6) is 5.75 Å². The van der Waals surface area contributed by atoms with Crippen molar-refractivity contribution in [3.05, 3.63) is 17.9 Å². The number of halogens is 1. The number of nitrogens with two attached hydrogens (primary N) is 1. The first-order valence-corrected chi connectivity index (χ1v) is 7.07. The fraction of sp³-hybridized carbons (Fsp3) is 0.533. The molecule has 1 aliphatic rings. The monoisotopic (exact) mass is 277 g/mol. The van der Waals surface area contributed by atoms with Crippen LogP contribution in [0.25, 0.3) is 11.0 Å². The van der Waals surface area contributed by atoms with Crippen LogP contribution in [0.2, 0.25) is 0 Å². The third kappa shape index (κ3) is 1.92. The van der Waals surface area contributed by atoms with E-state index in [4.69, 9.17) is 10.5 Å². The van der Waals surface area contributed by atoms with Gasteiger partial charge in [0, 0.05) is 17.7 Å². The van der Waals surface area contributed by atoms with Crippen molar-refractivity contribution in [1.82, 2.24) is 9.55 Å². The number of fused-ring (bicyclic) bond motifs is 1. The van der Waals surface area contributed by atoms with Crippen LogP contribution >= 0.6 is 0 Å². The summed E-state index contributed by atoms with van der Waals surface area (Å²) in [5.41, 5.74) is 7.50. The molecule has 0 radical (unpaired) electrons. The first kappa shape index (κ1) is 13.2. The number of hydrogen-bond donors (Lipinski definition) is 1. The maximum Gasteiger partial charge on any atom is 0.201 e. The van der Waals surface area contributed by atoms with Crippen molar-refractivity contribution in [2.75, 3.05) is 12.8 Å². The lowest BCUT2D eigenvalue weighted by molar-refractivity contribution is 0.228. The van der Waals surface area contributed by atoms with Crippen molar-refractivity contribution in [2.45, 2.75) is 44.6 Å². The molecular weight excluding hydrogens is 257 g/mol. The molecule has 0 spiro atoms. The molecule has 1 heterocycles. The zero-order valence-corrected chi connectivity index (χ0v) is 11.9. The Balaban J connectivity index is 2.21. The molecule has 20 heavy (non-hydrogen) atoms. The maximum atomic E-state index is 13.8. The second-order valence-corrected chi connectivity index (χ2v) is 5.84. The number of benzene rings is 1. The van der Waals surface area contributed by atoms with E-state index in [2.05, 4.69) is 16.5 Å². The lowest BCUT2D eigenvalue weighted by atomic mass is 9.83. The number of imidazole rings is 1. The molecule has 2 N–H and O–H groups in total. The molecular formula is C15H20FN3O. The summed E-state index contributed by atoms with van der Waals surface area (Å²) in [6, 6.07) is 3.10. The third-order valence-corrected chi connectivity index (χ3v) is 4.42. The van der Waals surface area contributed by atoms with E-state index in [0.717, 1.165) is 18.4 Å². The molecule has 0 unspecified atom stereocenters. The highest BCUT2D eigenvalue weighted by Gasteiger charge is 2.32. The molecule has 1 fully saturated rings. The molecule has 0 bridgehead atoms. The van der Waals surface area contributed by atoms with Gasteiger partial charge in [-0.05, 0) is 19.8 Å². The van der Waals surface area contributed by atoms with Gasteiger partial charge in [-0.2, -0.15) is 0 Å². The Hall–Kier alpha value is -1.78. The Kier molecular flexibility index (Phi) is 3.07. The molecule has 108 valence electrons. The lowest BCUT2D eigenvalue weighted by Crippen LogP contribution is -2.33. The lowest BCUT2D eigenvalue weighted by Gasteiger charge is -2.36. The van der Waals surface area contributed by atoms with E-state index in [0.29, 0.717) is 11.5 Å². The minimum Gasteiger partial charge on any atom is -0.494 e. The smallest absolute Gasteiger partial charge is 0.201 e. The van der Waals surface area contributed by atoms with Gasteiger partial charge in [-0.3, -0.25) is 0 Å². The normalized spacial score (nSPS) is 18.4. The quantitative estimate of drug-likeness (QED) is 0.914. The van der Waals surface area contributed by atoms with Crippen molar-refractivity contribution in [3.63, 3.8) is 0 Å². The highest BCUT2D eigenvalue weighted by atomic mass is 19.1. The van der Waals surface area contributed by atoms with Gasteiger partial charge in [-0.15, -0.1) is 0 Å². The van der Waals surface area contributed by atoms with Crippen molar-refractivity contribution in [1.29, 1.82) is 0 Å². The summed E-state index contributed by atoms with van der Waals surface area (Å²) >= 11 is 0. The molecule has 0 amide bonds. The summed E-state index contributed by atoms with van der Waals surface area (Å²) in [5, 5.41) is 0. The topological polar surface area (TPSA) is 53.1 Å². The first-order chi connectivity index (χ1) is 9.55. The van der Waals surface area contributed by atoms with Crippen LogP contribution in [0.15, 0.2) is 12.1 Å². The van der Waals surface area contributed by atoms with E-state index >= 15 is 0 Å². The van der Waals surface area contributed by atoms with Crippen molar-refractivity contribution < 1.29 is 9.13 Å². The van der Waals surface area contributed by atoms with E-state index in [1.54, 1.807) is 6.07 Å². The van der Waals surface area contributed by atoms with Crippen molar-refractivity contribution in [3.8, 4) is 5.75 Å². The predicted octanol–water partition coefficient (Wildman–Crippen LogP) is 3.45. The Morgan fingerprint density at radius 2 is 2.00 bits per heavy atom. The molecule has 4 nitrogen and oxygen atoms in total. The highest BCUT2D eigenvalue weighted by Crippen LogP contribution is 2.39. The number of methoxy groups -OCH3 is 1. The van der Waals surface area contributed by atoms with Crippen LogP contribution < -0.4 is 10.5 Å². The summed E-state index contributed by atoms with van der Waals surface area (Å²) in [6.45, 7) is 2.21. The van der Waals surface area contributed by atoms with E-state index in [1.165, 1.54) is 32.4 Å². The highest BCUT2D eigenvalue weighted by molar-refractivity contribution is 5.80. The number of ether oxygens (including phenoxy) is 1. The molecule has 1 aromatic heterocycles. The average Bonchev–Trinajstić information content (AvgIpc) is 2.74. The van der Waals surface area contributed by atoms with Gasteiger partial charge in [0.15, 0.2) is 11.6 Å². The minimum atomic E-state index is -0.404. The van der Waals surface area contributed by atoms with Gasteiger partial charge in [-0.1, -0.05) is 19.3 Å². The molecule has 0 atom stereocenters. The van der Waals surface area contributed by atoms with Gasteiger partial charge in [0.2, 0.25) is 5.95 Å². The third-order valence-electron chi connectivity index (χ3n) is 4.42. The summed E-state index contributed by atoms with van der Waals surface area (Å²) < 4.78 is 20.9. The SMILES string of the molecule is COc1cc2c(cc1F)nc(N)n2C1(C)CCCCC1. The van der Waals surface area contributed by atoms with Crippen LogP contribution in [-0.2, 0) is 5.54 Å². The number of nitrogens with zero attached hydrogens (tertiary/aromatic N) is 2. The summed E-state index contributed by atoms with van der Waals surface area (Å²) in [4.78, 5) is 4.31. The molecule has 5 heteroatoms.